The van der Waals surface area contributed by atoms with Crippen LogP contribution in [0.15, 0.2) is 17.0 Å². The zero-order valence-corrected chi connectivity index (χ0v) is 10.5. The summed E-state index contributed by atoms with van der Waals surface area (Å²) in [4.78, 5) is 11.3. The van der Waals surface area contributed by atoms with Crippen molar-refractivity contribution in [3.63, 3.8) is 0 Å². The number of halogens is 3. The standard InChI is InChI=1S/C11H8F3NO3S/c1-2-17-10(16)7-3-6(5-15)4-8(19)9(7)18-11(12,13)14/h3-4,19H,2H2,1H3. The van der Waals surface area contributed by atoms with E-state index in [1.54, 1.807) is 6.07 Å². The predicted molar refractivity (Wildman–Crippen MR) is 61.0 cm³/mol. The molecule has 102 valence electrons. The average Bonchev–Trinajstić information content (AvgIpc) is 2.30. The molecule has 0 atom stereocenters. The SMILES string of the molecule is CCOC(=O)c1cc(C#N)cc(S)c1OC(F)(F)F. The lowest BCUT2D eigenvalue weighted by molar-refractivity contribution is -0.275. The molecule has 19 heavy (non-hydrogen) atoms. The first-order valence-electron chi connectivity index (χ1n) is 4.98. The number of hydrogen-bond donors (Lipinski definition) is 1. The molecule has 0 fully saturated rings. The van der Waals surface area contributed by atoms with Gasteiger partial charge in [-0.15, -0.1) is 25.8 Å². The number of nitrogens with zero attached hydrogens (tertiary/aromatic N) is 1. The Labute approximate surface area is 112 Å². The average molecular weight is 291 g/mol. The van der Waals surface area contributed by atoms with Crippen LogP contribution in [0.25, 0.3) is 0 Å². The second-order valence-corrected chi connectivity index (χ2v) is 3.73. The second-order valence-electron chi connectivity index (χ2n) is 3.25. The number of rotatable bonds is 3. The summed E-state index contributed by atoms with van der Waals surface area (Å²) in [5.41, 5.74) is -0.522. The van der Waals surface area contributed by atoms with Crippen molar-refractivity contribution in [3.05, 3.63) is 23.3 Å². The third kappa shape index (κ3) is 4.06. The van der Waals surface area contributed by atoms with E-state index in [1.807, 2.05) is 0 Å². The van der Waals surface area contributed by atoms with E-state index in [0.29, 0.717) is 0 Å². The molecular weight excluding hydrogens is 283 g/mol. The van der Waals surface area contributed by atoms with Crippen LogP contribution in [0.4, 0.5) is 13.2 Å². The summed E-state index contributed by atoms with van der Waals surface area (Å²) in [6.45, 7) is 1.47. The van der Waals surface area contributed by atoms with Crippen LogP contribution in [0.5, 0.6) is 5.75 Å². The maximum Gasteiger partial charge on any atom is 0.573 e. The van der Waals surface area contributed by atoms with Gasteiger partial charge in [-0.3, -0.25) is 0 Å². The summed E-state index contributed by atoms with van der Waals surface area (Å²) in [7, 11) is 0. The molecule has 4 nitrogen and oxygen atoms in total. The molecule has 0 aromatic heterocycles. The number of carbonyl (C=O) groups excluding carboxylic acids is 1. The number of esters is 1. The summed E-state index contributed by atoms with van der Waals surface area (Å²) in [6, 6.07) is 3.72. The molecule has 0 saturated heterocycles. The monoisotopic (exact) mass is 291 g/mol. The lowest BCUT2D eigenvalue weighted by atomic mass is 10.1. The molecule has 0 aliphatic rings. The largest absolute Gasteiger partial charge is 0.573 e. The van der Waals surface area contributed by atoms with E-state index in [2.05, 4.69) is 22.1 Å². The van der Waals surface area contributed by atoms with Gasteiger partial charge in [0.2, 0.25) is 0 Å². The van der Waals surface area contributed by atoms with Gasteiger partial charge >= 0.3 is 12.3 Å². The van der Waals surface area contributed by atoms with Crippen molar-refractivity contribution in [1.29, 1.82) is 5.26 Å². The van der Waals surface area contributed by atoms with Gasteiger partial charge < -0.3 is 9.47 Å². The molecule has 8 heteroatoms. The van der Waals surface area contributed by atoms with Gasteiger partial charge in [0.05, 0.1) is 18.2 Å². The van der Waals surface area contributed by atoms with Crippen LogP contribution in [0, 0.1) is 11.3 Å². The molecule has 0 radical (unpaired) electrons. The van der Waals surface area contributed by atoms with Crippen LogP contribution in [0.2, 0.25) is 0 Å². The maximum absolute atomic E-state index is 12.3. The van der Waals surface area contributed by atoms with Gasteiger partial charge in [-0.2, -0.15) is 5.26 Å². The van der Waals surface area contributed by atoms with E-state index in [1.165, 1.54) is 6.92 Å². The molecule has 0 spiro atoms. The van der Waals surface area contributed by atoms with Crippen LogP contribution in [0.3, 0.4) is 0 Å². The highest BCUT2D eigenvalue weighted by Crippen LogP contribution is 2.34. The van der Waals surface area contributed by atoms with Crippen molar-refractivity contribution >= 4 is 18.6 Å². The number of carbonyl (C=O) groups is 1. The van der Waals surface area contributed by atoms with Gasteiger partial charge in [-0.1, -0.05) is 0 Å². The topological polar surface area (TPSA) is 59.3 Å². The van der Waals surface area contributed by atoms with Crippen LogP contribution in [-0.2, 0) is 4.74 Å². The molecule has 0 bridgehead atoms. The Morgan fingerprint density at radius 3 is 2.58 bits per heavy atom. The summed E-state index contributed by atoms with van der Waals surface area (Å²) >= 11 is 3.78. The van der Waals surface area contributed by atoms with Crippen LogP contribution in [-0.4, -0.2) is 18.9 Å². The van der Waals surface area contributed by atoms with Gasteiger partial charge in [0.25, 0.3) is 0 Å². The second kappa shape index (κ2) is 5.84. The lowest BCUT2D eigenvalue weighted by Gasteiger charge is -2.14. The van der Waals surface area contributed by atoms with E-state index in [-0.39, 0.29) is 17.1 Å². The third-order valence-corrected chi connectivity index (χ3v) is 2.24. The fourth-order valence-electron chi connectivity index (χ4n) is 1.26. The van der Waals surface area contributed by atoms with Gasteiger partial charge in [-0.05, 0) is 19.1 Å². The number of ether oxygens (including phenoxy) is 2. The number of benzene rings is 1. The fraction of sp³-hybridized carbons (Fsp3) is 0.273. The first-order valence-corrected chi connectivity index (χ1v) is 5.43. The van der Waals surface area contributed by atoms with Gasteiger partial charge in [0.1, 0.15) is 5.56 Å². The Balaban J connectivity index is 3.34. The fourth-order valence-corrected chi connectivity index (χ4v) is 1.57. The minimum atomic E-state index is -4.98. The van der Waals surface area contributed by atoms with E-state index in [9.17, 15) is 18.0 Å². The first kappa shape index (κ1) is 15.2. The minimum Gasteiger partial charge on any atom is -0.462 e. The highest BCUT2D eigenvalue weighted by molar-refractivity contribution is 7.80. The van der Waals surface area contributed by atoms with Crippen LogP contribution in [0.1, 0.15) is 22.8 Å². The van der Waals surface area contributed by atoms with Crippen molar-refractivity contribution in [1.82, 2.24) is 0 Å². The quantitative estimate of drug-likeness (QED) is 0.687. The molecule has 0 N–H and O–H groups in total. The molecule has 1 aromatic carbocycles. The summed E-state index contributed by atoms with van der Waals surface area (Å²) in [5.74, 6) is -1.80. The number of thiol groups is 1. The summed E-state index contributed by atoms with van der Waals surface area (Å²) in [5, 5.41) is 8.72. The highest BCUT2D eigenvalue weighted by Gasteiger charge is 2.34. The van der Waals surface area contributed by atoms with E-state index >= 15 is 0 Å². The lowest BCUT2D eigenvalue weighted by Crippen LogP contribution is -2.20. The highest BCUT2D eigenvalue weighted by atomic mass is 32.1. The summed E-state index contributed by atoms with van der Waals surface area (Å²) in [6.07, 6.45) is -4.98. The molecule has 1 aromatic rings. The smallest absolute Gasteiger partial charge is 0.462 e. The molecule has 0 amide bonds. The molecule has 0 aliphatic heterocycles. The van der Waals surface area contributed by atoms with E-state index in [4.69, 9.17) is 5.26 Å². The minimum absolute atomic E-state index is 0.0248. The number of alkyl halides is 3. The maximum atomic E-state index is 12.3. The Morgan fingerprint density at radius 1 is 1.47 bits per heavy atom. The Hall–Kier alpha value is -1.88. The molecule has 0 heterocycles. The number of nitriles is 1. The normalized spacial score (nSPS) is 10.7. The Kier molecular flexibility index (Phi) is 4.67. The van der Waals surface area contributed by atoms with Gasteiger partial charge in [0.15, 0.2) is 5.75 Å². The summed E-state index contributed by atoms with van der Waals surface area (Å²) < 4.78 is 45.1. The van der Waals surface area contributed by atoms with Crippen LogP contribution >= 0.6 is 12.6 Å². The van der Waals surface area contributed by atoms with Crippen molar-refractivity contribution in [2.24, 2.45) is 0 Å². The van der Waals surface area contributed by atoms with E-state index in [0.717, 1.165) is 12.1 Å². The van der Waals surface area contributed by atoms with Crippen molar-refractivity contribution < 1.29 is 27.4 Å². The molecule has 1 rings (SSSR count). The molecule has 0 aliphatic carbocycles. The molecule has 0 unspecified atom stereocenters. The third-order valence-electron chi connectivity index (χ3n) is 1.91. The molecular formula is C11H8F3NO3S. The number of hydrogen-bond acceptors (Lipinski definition) is 5. The predicted octanol–water partition coefficient (Wildman–Crippen LogP) is 2.92. The van der Waals surface area contributed by atoms with Crippen molar-refractivity contribution in [3.8, 4) is 11.8 Å². The molecule has 0 saturated carbocycles. The zero-order chi connectivity index (χ0) is 14.6. The Morgan fingerprint density at radius 2 is 2.11 bits per heavy atom. The Bertz CT molecular complexity index is 537. The van der Waals surface area contributed by atoms with Crippen LogP contribution < -0.4 is 4.74 Å². The zero-order valence-electron chi connectivity index (χ0n) is 9.61. The van der Waals surface area contributed by atoms with Gasteiger partial charge in [-0.25, -0.2) is 4.79 Å². The van der Waals surface area contributed by atoms with Crippen molar-refractivity contribution in [2.75, 3.05) is 6.61 Å². The van der Waals surface area contributed by atoms with Gasteiger partial charge in [0, 0.05) is 4.90 Å². The van der Waals surface area contributed by atoms with Crippen molar-refractivity contribution in [2.45, 2.75) is 18.2 Å². The van der Waals surface area contributed by atoms with E-state index < -0.39 is 23.6 Å². The first-order chi connectivity index (χ1) is 8.78.